The normalized spacial score (nSPS) is 10.9. The third kappa shape index (κ3) is 5.85. The Labute approximate surface area is 177 Å². The van der Waals surface area contributed by atoms with Crippen LogP contribution in [0.1, 0.15) is 22.8 Å². The Morgan fingerprint density at radius 1 is 1.25 bits per heavy atom. The van der Waals surface area contributed by atoms with Gasteiger partial charge in [-0.15, -0.1) is 0 Å². The molecule has 0 aliphatic carbocycles. The predicted molar refractivity (Wildman–Crippen MR) is 116 cm³/mol. The van der Waals surface area contributed by atoms with E-state index in [9.17, 15) is 14.7 Å². The summed E-state index contributed by atoms with van der Waals surface area (Å²) < 4.78 is 11.8. The SMILES string of the molecule is C=C(C)COc1c(I)cc(/C=C(/NC(=O)c2ccccc2)C(=O)O)cc1OC. The standard InChI is InChI=1S/C21H20INO5/c1-13(2)12-28-19-16(22)9-14(11-18(19)27-3)10-17(21(25)26)23-20(24)15-7-5-4-6-8-15/h4-11H,1,12H2,2-3H3,(H,23,24)(H,25,26)/b17-10+. The number of carboxylic acids is 1. The molecule has 1 amide bonds. The molecule has 0 aromatic heterocycles. The van der Waals surface area contributed by atoms with Crippen LogP contribution in [0.15, 0.2) is 60.3 Å². The molecule has 6 nitrogen and oxygen atoms in total. The van der Waals surface area contributed by atoms with E-state index in [4.69, 9.17) is 9.47 Å². The molecule has 146 valence electrons. The summed E-state index contributed by atoms with van der Waals surface area (Å²) in [6, 6.07) is 11.8. The predicted octanol–water partition coefficient (Wildman–Crippen LogP) is 4.11. The largest absolute Gasteiger partial charge is 0.493 e. The molecule has 7 heteroatoms. The summed E-state index contributed by atoms with van der Waals surface area (Å²) in [7, 11) is 1.50. The van der Waals surface area contributed by atoms with E-state index in [0.717, 1.165) is 9.14 Å². The van der Waals surface area contributed by atoms with E-state index >= 15 is 0 Å². The van der Waals surface area contributed by atoms with Crippen LogP contribution in [-0.4, -0.2) is 30.7 Å². The number of carboxylic acid groups (broad SMARTS) is 1. The molecule has 28 heavy (non-hydrogen) atoms. The van der Waals surface area contributed by atoms with Crippen LogP contribution in [0.3, 0.4) is 0 Å². The lowest BCUT2D eigenvalue weighted by Gasteiger charge is -2.14. The van der Waals surface area contributed by atoms with Gasteiger partial charge in [-0.1, -0.05) is 24.8 Å². The van der Waals surface area contributed by atoms with Crippen molar-refractivity contribution in [3.8, 4) is 11.5 Å². The number of methoxy groups -OCH3 is 1. The molecule has 0 atom stereocenters. The number of ether oxygens (including phenoxy) is 2. The van der Waals surface area contributed by atoms with Gasteiger partial charge in [-0.25, -0.2) is 4.79 Å². The molecule has 0 saturated carbocycles. The molecule has 0 aliphatic heterocycles. The average molecular weight is 493 g/mol. The summed E-state index contributed by atoms with van der Waals surface area (Å²) in [6.45, 7) is 6.00. The summed E-state index contributed by atoms with van der Waals surface area (Å²) >= 11 is 2.08. The van der Waals surface area contributed by atoms with Gasteiger partial charge in [0.2, 0.25) is 0 Å². The second-order valence-corrected chi connectivity index (χ2v) is 7.13. The first kappa shape index (κ1) is 21.5. The topological polar surface area (TPSA) is 84.9 Å². The van der Waals surface area contributed by atoms with Crippen LogP contribution in [0.25, 0.3) is 6.08 Å². The monoisotopic (exact) mass is 493 g/mol. The number of hydrogen-bond donors (Lipinski definition) is 2. The van der Waals surface area contributed by atoms with E-state index in [1.807, 2.05) is 6.92 Å². The van der Waals surface area contributed by atoms with E-state index in [-0.39, 0.29) is 5.70 Å². The van der Waals surface area contributed by atoms with Crippen LogP contribution in [0, 0.1) is 3.57 Å². The fourth-order valence-electron chi connectivity index (χ4n) is 2.26. The van der Waals surface area contributed by atoms with Crippen LogP contribution in [-0.2, 0) is 4.79 Å². The van der Waals surface area contributed by atoms with Gasteiger partial charge in [0.1, 0.15) is 12.3 Å². The van der Waals surface area contributed by atoms with Crippen molar-refractivity contribution in [2.24, 2.45) is 0 Å². The number of halogens is 1. The molecule has 0 radical (unpaired) electrons. The molecule has 0 saturated heterocycles. The van der Waals surface area contributed by atoms with Crippen molar-refractivity contribution in [1.29, 1.82) is 0 Å². The summed E-state index contributed by atoms with van der Waals surface area (Å²) in [6.07, 6.45) is 1.37. The Bertz CT molecular complexity index is 922. The number of aliphatic carboxylic acids is 1. The minimum atomic E-state index is -1.25. The van der Waals surface area contributed by atoms with E-state index in [1.165, 1.54) is 13.2 Å². The number of hydrogen-bond acceptors (Lipinski definition) is 4. The maximum absolute atomic E-state index is 12.3. The quantitative estimate of drug-likeness (QED) is 0.329. The third-order valence-corrected chi connectivity index (χ3v) is 4.34. The minimum Gasteiger partial charge on any atom is -0.493 e. The number of benzene rings is 2. The molecular weight excluding hydrogens is 473 g/mol. The van der Waals surface area contributed by atoms with Crippen molar-refractivity contribution in [3.63, 3.8) is 0 Å². The van der Waals surface area contributed by atoms with Crippen molar-refractivity contribution >= 4 is 40.5 Å². The molecule has 0 unspecified atom stereocenters. The third-order valence-electron chi connectivity index (χ3n) is 3.54. The minimum absolute atomic E-state index is 0.248. The maximum Gasteiger partial charge on any atom is 0.352 e. The van der Waals surface area contributed by atoms with E-state index in [0.29, 0.717) is 29.2 Å². The summed E-state index contributed by atoms with van der Waals surface area (Å²) in [5, 5.41) is 11.9. The number of carbonyl (C=O) groups is 2. The van der Waals surface area contributed by atoms with Gasteiger partial charge in [-0.3, -0.25) is 4.79 Å². The first-order chi connectivity index (χ1) is 13.3. The zero-order valence-electron chi connectivity index (χ0n) is 15.5. The smallest absolute Gasteiger partial charge is 0.352 e. The highest BCUT2D eigenvalue weighted by molar-refractivity contribution is 14.1. The summed E-state index contributed by atoms with van der Waals surface area (Å²) in [5.74, 6) is -0.745. The van der Waals surface area contributed by atoms with Crippen molar-refractivity contribution in [2.45, 2.75) is 6.92 Å². The molecule has 0 bridgehead atoms. The van der Waals surface area contributed by atoms with Crippen LogP contribution in [0.5, 0.6) is 11.5 Å². The average Bonchev–Trinajstić information content (AvgIpc) is 2.66. The van der Waals surface area contributed by atoms with Gasteiger partial charge in [0, 0.05) is 5.56 Å². The second-order valence-electron chi connectivity index (χ2n) is 5.96. The van der Waals surface area contributed by atoms with E-state index in [2.05, 4.69) is 34.5 Å². The van der Waals surface area contributed by atoms with Crippen molar-refractivity contribution in [2.75, 3.05) is 13.7 Å². The van der Waals surface area contributed by atoms with Crippen molar-refractivity contribution in [1.82, 2.24) is 5.32 Å². The zero-order valence-corrected chi connectivity index (χ0v) is 17.6. The van der Waals surface area contributed by atoms with Crippen LogP contribution in [0.4, 0.5) is 0 Å². The van der Waals surface area contributed by atoms with Gasteiger partial charge in [-0.05, 0) is 71.0 Å². The Kier molecular flexibility index (Phi) is 7.62. The molecule has 2 aromatic carbocycles. The Balaban J connectivity index is 2.33. The molecular formula is C21H20INO5. The highest BCUT2D eigenvalue weighted by Crippen LogP contribution is 2.34. The number of rotatable bonds is 8. The fourth-order valence-corrected chi connectivity index (χ4v) is 3.04. The van der Waals surface area contributed by atoms with Gasteiger partial charge >= 0.3 is 5.97 Å². The van der Waals surface area contributed by atoms with Crippen LogP contribution >= 0.6 is 22.6 Å². The van der Waals surface area contributed by atoms with Gasteiger partial charge in [0.25, 0.3) is 5.91 Å². The lowest BCUT2D eigenvalue weighted by atomic mass is 10.1. The summed E-state index contributed by atoms with van der Waals surface area (Å²) in [4.78, 5) is 23.9. The van der Waals surface area contributed by atoms with Gasteiger partial charge in [0.05, 0.1) is 10.7 Å². The molecule has 2 N–H and O–H groups in total. The lowest BCUT2D eigenvalue weighted by Crippen LogP contribution is -2.27. The molecule has 0 fully saturated rings. The molecule has 0 spiro atoms. The Morgan fingerprint density at radius 3 is 2.50 bits per heavy atom. The number of carbonyl (C=O) groups excluding carboxylic acids is 1. The van der Waals surface area contributed by atoms with Gasteiger partial charge in [0.15, 0.2) is 11.5 Å². The Morgan fingerprint density at radius 2 is 1.93 bits per heavy atom. The molecule has 2 aromatic rings. The first-order valence-corrected chi connectivity index (χ1v) is 9.35. The fraction of sp³-hybridized carbons (Fsp3) is 0.143. The first-order valence-electron chi connectivity index (χ1n) is 8.28. The highest BCUT2D eigenvalue weighted by atomic mass is 127. The maximum atomic E-state index is 12.3. The zero-order chi connectivity index (χ0) is 20.7. The van der Waals surface area contributed by atoms with Gasteiger partial charge < -0.3 is 19.9 Å². The molecule has 0 aliphatic rings. The molecule has 0 heterocycles. The van der Waals surface area contributed by atoms with Crippen molar-refractivity contribution in [3.05, 3.63) is 75.0 Å². The molecule has 2 rings (SSSR count). The summed E-state index contributed by atoms with van der Waals surface area (Å²) in [5.41, 5.74) is 1.53. The number of nitrogens with one attached hydrogen (secondary N) is 1. The number of amides is 1. The van der Waals surface area contributed by atoms with E-state index < -0.39 is 11.9 Å². The van der Waals surface area contributed by atoms with Crippen molar-refractivity contribution < 1.29 is 24.2 Å². The Hall–Kier alpha value is -2.81. The van der Waals surface area contributed by atoms with Gasteiger partial charge in [-0.2, -0.15) is 0 Å². The highest BCUT2D eigenvalue weighted by Gasteiger charge is 2.16. The van der Waals surface area contributed by atoms with E-state index in [1.54, 1.807) is 42.5 Å². The van der Waals surface area contributed by atoms with Crippen LogP contribution in [0.2, 0.25) is 0 Å². The second kappa shape index (κ2) is 9.93. The lowest BCUT2D eigenvalue weighted by molar-refractivity contribution is -0.132. The van der Waals surface area contributed by atoms with Crippen LogP contribution < -0.4 is 14.8 Å².